The van der Waals surface area contributed by atoms with Gasteiger partial charge in [0.1, 0.15) is 0 Å². The molecule has 2 heterocycles. The number of allylic oxidation sites excluding steroid dienone is 2. The summed E-state index contributed by atoms with van der Waals surface area (Å²) in [6.07, 6.45) is 3.76. The number of hydrogen-bond acceptors (Lipinski definition) is 4. The van der Waals surface area contributed by atoms with E-state index in [0.717, 1.165) is 60.3 Å². The smallest absolute Gasteiger partial charge is 0.369 e. The van der Waals surface area contributed by atoms with Gasteiger partial charge in [0, 0.05) is 66.8 Å². The second-order valence-corrected chi connectivity index (χ2v) is 9.74. The fourth-order valence-electron chi connectivity index (χ4n) is 4.75. The number of nitrogens with one attached hydrogen (secondary N) is 1. The molecule has 0 saturated carbocycles. The number of halogens is 3. The number of aromatic nitrogens is 1. The number of rotatable bonds is 6. The molecule has 1 aliphatic heterocycles. The molecule has 5 rings (SSSR count). The summed E-state index contributed by atoms with van der Waals surface area (Å²) in [5.41, 5.74) is 3.22. The van der Waals surface area contributed by atoms with Crippen LogP contribution in [-0.2, 0) is 11.0 Å². The number of benzene rings is 3. The fourth-order valence-corrected chi connectivity index (χ4v) is 4.75. The number of likely N-dealkylation sites (N-methyl/N-ethyl adjacent to an activating group) is 1. The third-order valence-corrected chi connectivity index (χ3v) is 7.02. The molecule has 0 atom stereocenters. The van der Waals surface area contributed by atoms with Gasteiger partial charge in [0.25, 0.3) is 0 Å². The number of piperazine rings is 1. The number of pyridine rings is 1. The number of carbonyl (C=O) groups is 1. The molecule has 3 aromatic carbocycles. The van der Waals surface area contributed by atoms with Crippen LogP contribution in [0.1, 0.15) is 16.7 Å². The van der Waals surface area contributed by atoms with E-state index in [1.54, 1.807) is 24.5 Å². The summed E-state index contributed by atoms with van der Waals surface area (Å²) in [5.74, 6) is -0.322. The summed E-state index contributed by atoms with van der Waals surface area (Å²) < 4.78 is 39.5. The Balaban J connectivity index is 1.40. The number of alkyl halides is 3. The highest BCUT2D eigenvalue weighted by Crippen LogP contribution is 2.32. The summed E-state index contributed by atoms with van der Waals surface area (Å²) in [5, 5.41) is 4.68. The third-order valence-electron chi connectivity index (χ3n) is 7.02. The van der Waals surface area contributed by atoms with Crippen molar-refractivity contribution in [1.29, 1.82) is 0 Å². The minimum atomic E-state index is -4.41. The Bertz CT molecular complexity index is 1530. The highest BCUT2D eigenvalue weighted by Gasteiger charge is 2.30. The molecule has 0 spiro atoms. The molecular formula is C32H29F3N4O. The molecule has 0 bridgehead atoms. The maximum absolute atomic E-state index is 13.2. The van der Waals surface area contributed by atoms with Crippen molar-refractivity contribution >= 4 is 33.6 Å². The lowest BCUT2D eigenvalue weighted by molar-refractivity contribution is -0.137. The van der Waals surface area contributed by atoms with E-state index in [4.69, 9.17) is 0 Å². The molecule has 1 amide bonds. The molecule has 204 valence electrons. The average molecular weight is 543 g/mol. The van der Waals surface area contributed by atoms with E-state index in [0.29, 0.717) is 16.8 Å². The largest absolute Gasteiger partial charge is 0.416 e. The van der Waals surface area contributed by atoms with Gasteiger partial charge in [0.15, 0.2) is 0 Å². The van der Waals surface area contributed by atoms with Crippen LogP contribution in [-0.4, -0.2) is 49.0 Å². The predicted molar refractivity (Wildman–Crippen MR) is 154 cm³/mol. The summed E-state index contributed by atoms with van der Waals surface area (Å²) >= 11 is 0. The van der Waals surface area contributed by atoms with E-state index in [-0.39, 0.29) is 5.91 Å². The molecule has 0 aliphatic carbocycles. The van der Waals surface area contributed by atoms with E-state index in [1.807, 2.05) is 48.5 Å². The molecule has 40 heavy (non-hydrogen) atoms. The monoisotopic (exact) mass is 542 g/mol. The van der Waals surface area contributed by atoms with Gasteiger partial charge in [0.05, 0.1) is 5.56 Å². The maximum Gasteiger partial charge on any atom is 0.416 e. The first-order valence-electron chi connectivity index (χ1n) is 13.0. The fraction of sp³-hybridized carbons (Fsp3) is 0.188. The van der Waals surface area contributed by atoms with Crippen LogP contribution in [0.2, 0.25) is 0 Å². The first-order chi connectivity index (χ1) is 19.3. The highest BCUT2D eigenvalue weighted by atomic mass is 19.4. The summed E-state index contributed by atoms with van der Waals surface area (Å²) in [6.45, 7) is 3.84. The quantitative estimate of drug-likeness (QED) is 0.219. The minimum Gasteiger partial charge on any atom is -0.369 e. The third kappa shape index (κ3) is 6.40. The maximum atomic E-state index is 13.2. The Morgan fingerprint density at radius 1 is 0.900 bits per heavy atom. The van der Waals surface area contributed by atoms with Crippen LogP contribution in [0.5, 0.6) is 0 Å². The van der Waals surface area contributed by atoms with Crippen LogP contribution in [0, 0.1) is 0 Å². The first kappa shape index (κ1) is 27.1. The van der Waals surface area contributed by atoms with Crippen LogP contribution in [0.15, 0.2) is 103 Å². The van der Waals surface area contributed by atoms with Crippen LogP contribution >= 0.6 is 0 Å². The van der Waals surface area contributed by atoms with Crippen molar-refractivity contribution in [2.45, 2.75) is 6.18 Å². The van der Waals surface area contributed by atoms with Crippen molar-refractivity contribution in [2.75, 3.05) is 43.4 Å². The van der Waals surface area contributed by atoms with Gasteiger partial charge in [0.2, 0.25) is 5.91 Å². The molecule has 8 heteroatoms. The Hall–Kier alpha value is -4.43. The normalized spacial score (nSPS) is 15.1. The number of carbonyl (C=O) groups excluding carboxylic acids is 1. The van der Waals surface area contributed by atoms with Gasteiger partial charge in [-0.15, -0.1) is 0 Å². The van der Waals surface area contributed by atoms with Crippen molar-refractivity contribution < 1.29 is 18.0 Å². The Labute approximate surface area is 231 Å². The van der Waals surface area contributed by atoms with Crippen LogP contribution in [0.3, 0.4) is 0 Å². The molecule has 0 unspecified atom stereocenters. The summed E-state index contributed by atoms with van der Waals surface area (Å²) in [7, 11) is 2.11. The molecule has 4 aromatic rings. The molecular weight excluding hydrogens is 513 g/mol. The summed E-state index contributed by atoms with van der Waals surface area (Å²) in [4.78, 5) is 21.5. The lowest BCUT2D eigenvalue weighted by Crippen LogP contribution is -2.44. The zero-order valence-corrected chi connectivity index (χ0v) is 22.0. The molecule has 1 N–H and O–H groups in total. The van der Waals surface area contributed by atoms with Crippen molar-refractivity contribution in [1.82, 2.24) is 9.88 Å². The van der Waals surface area contributed by atoms with E-state index in [1.165, 1.54) is 18.2 Å². The van der Waals surface area contributed by atoms with Crippen molar-refractivity contribution in [3.8, 4) is 0 Å². The first-order valence-corrected chi connectivity index (χ1v) is 13.0. The summed E-state index contributed by atoms with van der Waals surface area (Å²) in [6, 6.07) is 20.5. The molecule has 1 aromatic heterocycles. The van der Waals surface area contributed by atoms with Gasteiger partial charge < -0.3 is 15.1 Å². The van der Waals surface area contributed by atoms with Crippen LogP contribution in [0.25, 0.3) is 16.3 Å². The van der Waals surface area contributed by atoms with Crippen LogP contribution in [0.4, 0.5) is 24.5 Å². The van der Waals surface area contributed by atoms with E-state index in [9.17, 15) is 18.0 Å². The SMILES string of the molecule is CN1CCN(c2ccc(/C(=C\C=C\C(=O)Nc3cccc4cnccc34)c3ccc(C(F)(F)F)cc3)cc2)CC1. The van der Waals surface area contributed by atoms with Crippen molar-refractivity contribution in [3.63, 3.8) is 0 Å². The second kappa shape index (κ2) is 11.8. The number of hydrogen-bond donors (Lipinski definition) is 1. The average Bonchev–Trinajstić information content (AvgIpc) is 2.96. The molecule has 0 radical (unpaired) electrons. The van der Waals surface area contributed by atoms with Gasteiger partial charge in [-0.25, -0.2) is 0 Å². The Morgan fingerprint density at radius 3 is 2.25 bits per heavy atom. The highest BCUT2D eigenvalue weighted by molar-refractivity contribution is 6.06. The van der Waals surface area contributed by atoms with Gasteiger partial charge in [-0.2, -0.15) is 13.2 Å². The van der Waals surface area contributed by atoms with Gasteiger partial charge >= 0.3 is 6.18 Å². The lowest BCUT2D eigenvalue weighted by Gasteiger charge is -2.34. The Kier molecular flexibility index (Phi) is 7.98. The van der Waals surface area contributed by atoms with E-state index >= 15 is 0 Å². The molecule has 1 aliphatic rings. The number of fused-ring (bicyclic) bond motifs is 1. The van der Waals surface area contributed by atoms with E-state index in [2.05, 4.69) is 27.1 Å². The molecule has 1 saturated heterocycles. The molecule has 5 nitrogen and oxygen atoms in total. The lowest BCUT2D eigenvalue weighted by atomic mass is 9.96. The molecule has 1 fully saturated rings. The minimum absolute atomic E-state index is 0.322. The standard InChI is InChI=1S/C32H29F3N4O/c1-38-18-20-39(21-19-38)27-14-10-24(11-15-27)28(23-8-12-26(13-9-23)32(33,34)35)5-3-7-31(40)37-30-6-2-4-25-22-36-17-16-29(25)30/h2-17,22H,18-21H2,1H3,(H,37,40)/b7-3+,28-5-. The van der Waals surface area contributed by atoms with Gasteiger partial charge in [-0.3, -0.25) is 9.78 Å². The topological polar surface area (TPSA) is 48.5 Å². The zero-order chi connectivity index (χ0) is 28.1. The van der Waals surface area contributed by atoms with Gasteiger partial charge in [-0.05, 0) is 60.1 Å². The number of anilines is 2. The van der Waals surface area contributed by atoms with Crippen LogP contribution < -0.4 is 10.2 Å². The number of nitrogens with zero attached hydrogens (tertiary/aromatic N) is 3. The van der Waals surface area contributed by atoms with Gasteiger partial charge in [-0.1, -0.05) is 48.6 Å². The Morgan fingerprint density at radius 2 is 1.57 bits per heavy atom. The number of amides is 1. The second-order valence-electron chi connectivity index (χ2n) is 9.74. The van der Waals surface area contributed by atoms with Crippen molar-refractivity contribution in [2.24, 2.45) is 0 Å². The van der Waals surface area contributed by atoms with Crippen molar-refractivity contribution in [3.05, 3.63) is 120 Å². The predicted octanol–water partition coefficient (Wildman–Crippen LogP) is 6.63. The zero-order valence-electron chi connectivity index (χ0n) is 22.0. The van der Waals surface area contributed by atoms with E-state index < -0.39 is 11.7 Å².